The fourth-order valence-electron chi connectivity index (χ4n) is 2.33. The molecule has 0 saturated carbocycles. The van der Waals surface area contributed by atoms with Crippen LogP contribution in [-0.2, 0) is 4.74 Å². The van der Waals surface area contributed by atoms with Crippen molar-refractivity contribution in [3.63, 3.8) is 0 Å². The van der Waals surface area contributed by atoms with E-state index in [4.69, 9.17) is 4.74 Å². The third-order valence-electron chi connectivity index (χ3n) is 3.55. The Kier molecular flexibility index (Phi) is 6.56. The van der Waals surface area contributed by atoms with E-state index in [-0.39, 0.29) is 18.5 Å². The van der Waals surface area contributed by atoms with E-state index in [1.54, 1.807) is 19.1 Å². The second-order valence-electron chi connectivity index (χ2n) is 5.15. The number of aliphatic hydroxyl groups excluding tert-OH is 1. The van der Waals surface area contributed by atoms with Crippen LogP contribution >= 0.6 is 0 Å². The molecule has 1 aromatic heterocycles. The molecule has 0 aliphatic rings. The van der Waals surface area contributed by atoms with Gasteiger partial charge in [-0.25, -0.2) is 9.78 Å². The van der Waals surface area contributed by atoms with Crippen LogP contribution in [0.15, 0.2) is 48.7 Å². The van der Waals surface area contributed by atoms with Gasteiger partial charge < -0.3 is 15.2 Å². The van der Waals surface area contributed by atoms with E-state index >= 15 is 0 Å². The van der Waals surface area contributed by atoms with Crippen molar-refractivity contribution >= 4 is 11.8 Å². The van der Waals surface area contributed by atoms with E-state index < -0.39 is 0 Å². The number of benzene rings is 1. The van der Waals surface area contributed by atoms with Gasteiger partial charge >= 0.3 is 5.97 Å². The highest BCUT2D eigenvalue weighted by Crippen LogP contribution is 2.19. The SMILES string of the molecule is CCOC(=O)c1ccc(NCC(CCO)c2ccccc2)nc1. The first-order valence-corrected chi connectivity index (χ1v) is 7.77. The molecule has 0 amide bonds. The van der Waals surface area contributed by atoms with Crippen LogP contribution in [0.5, 0.6) is 0 Å². The van der Waals surface area contributed by atoms with Gasteiger partial charge in [0.05, 0.1) is 12.2 Å². The fourth-order valence-corrected chi connectivity index (χ4v) is 2.33. The molecule has 5 nitrogen and oxygen atoms in total. The largest absolute Gasteiger partial charge is 0.462 e. The highest BCUT2D eigenvalue weighted by molar-refractivity contribution is 5.89. The summed E-state index contributed by atoms with van der Waals surface area (Å²) in [5.74, 6) is 0.527. The summed E-state index contributed by atoms with van der Waals surface area (Å²) in [5, 5.41) is 12.5. The number of aromatic nitrogens is 1. The minimum Gasteiger partial charge on any atom is -0.462 e. The molecule has 1 atom stereocenters. The predicted octanol–water partition coefficient (Wildman–Crippen LogP) is 2.84. The molecule has 0 aliphatic carbocycles. The van der Waals surface area contributed by atoms with Crippen LogP contribution in [0.4, 0.5) is 5.82 Å². The summed E-state index contributed by atoms with van der Waals surface area (Å²) < 4.78 is 4.93. The van der Waals surface area contributed by atoms with Gasteiger partial charge in [-0.15, -0.1) is 0 Å². The Morgan fingerprint density at radius 2 is 2.04 bits per heavy atom. The van der Waals surface area contributed by atoms with Crippen molar-refractivity contribution in [2.45, 2.75) is 19.3 Å². The number of carbonyl (C=O) groups is 1. The molecular weight excluding hydrogens is 292 g/mol. The lowest BCUT2D eigenvalue weighted by Gasteiger charge is -2.17. The van der Waals surface area contributed by atoms with E-state index in [1.165, 1.54) is 11.8 Å². The van der Waals surface area contributed by atoms with Crippen molar-refractivity contribution in [2.24, 2.45) is 0 Å². The van der Waals surface area contributed by atoms with Crippen molar-refractivity contribution in [1.82, 2.24) is 4.98 Å². The average molecular weight is 314 g/mol. The molecule has 0 fully saturated rings. The van der Waals surface area contributed by atoms with Gasteiger partial charge in [-0.2, -0.15) is 0 Å². The van der Waals surface area contributed by atoms with E-state index in [0.717, 1.165) is 0 Å². The zero-order valence-electron chi connectivity index (χ0n) is 13.2. The molecule has 23 heavy (non-hydrogen) atoms. The number of carbonyl (C=O) groups excluding carboxylic acids is 1. The Morgan fingerprint density at radius 1 is 1.26 bits per heavy atom. The van der Waals surface area contributed by atoms with E-state index in [0.29, 0.717) is 31.0 Å². The number of esters is 1. The van der Waals surface area contributed by atoms with Gasteiger partial charge in [-0.1, -0.05) is 30.3 Å². The van der Waals surface area contributed by atoms with Gasteiger partial charge in [-0.3, -0.25) is 0 Å². The number of hydrogen-bond acceptors (Lipinski definition) is 5. The summed E-state index contributed by atoms with van der Waals surface area (Å²) in [6, 6.07) is 13.5. The lowest BCUT2D eigenvalue weighted by Crippen LogP contribution is -2.15. The quantitative estimate of drug-likeness (QED) is 0.733. The zero-order valence-corrected chi connectivity index (χ0v) is 13.2. The van der Waals surface area contributed by atoms with Gasteiger partial charge in [0.15, 0.2) is 0 Å². The third kappa shape index (κ3) is 5.07. The number of hydrogen-bond donors (Lipinski definition) is 2. The smallest absolute Gasteiger partial charge is 0.339 e. The molecule has 0 spiro atoms. The summed E-state index contributed by atoms with van der Waals surface area (Å²) in [6.07, 6.45) is 2.18. The minimum atomic E-state index is -0.367. The van der Waals surface area contributed by atoms with Gasteiger partial charge in [0.2, 0.25) is 0 Å². The molecule has 0 saturated heterocycles. The van der Waals surface area contributed by atoms with Crippen molar-refractivity contribution in [3.8, 4) is 0 Å². The Bertz CT molecular complexity index is 599. The van der Waals surface area contributed by atoms with Crippen LogP contribution in [0.2, 0.25) is 0 Å². The Hall–Kier alpha value is -2.40. The van der Waals surface area contributed by atoms with Crippen LogP contribution in [0.3, 0.4) is 0 Å². The number of pyridine rings is 1. The van der Waals surface area contributed by atoms with Gasteiger partial charge in [0.1, 0.15) is 5.82 Å². The second kappa shape index (κ2) is 8.90. The maximum Gasteiger partial charge on any atom is 0.339 e. The van der Waals surface area contributed by atoms with E-state index in [2.05, 4.69) is 22.4 Å². The molecule has 0 radical (unpaired) electrons. The molecule has 1 heterocycles. The summed E-state index contributed by atoms with van der Waals surface area (Å²) in [6.45, 7) is 2.91. The van der Waals surface area contributed by atoms with Crippen LogP contribution in [-0.4, -0.2) is 35.8 Å². The maximum absolute atomic E-state index is 11.6. The predicted molar refractivity (Wildman–Crippen MR) is 89.6 cm³/mol. The molecule has 0 aliphatic heterocycles. The van der Waals surface area contributed by atoms with E-state index in [1.807, 2.05) is 18.2 Å². The molecule has 1 aromatic carbocycles. The number of aliphatic hydroxyl groups is 1. The van der Waals surface area contributed by atoms with Crippen LogP contribution < -0.4 is 5.32 Å². The van der Waals surface area contributed by atoms with Crippen molar-refractivity contribution < 1.29 is 14.6 Å². The number of rotatable bonds is 8. The Morgan fingerprint density at radius 3 is 2.65 bits per heavy atom. The van der Waals surface area contributed by atoms with Crippen LogP contribution in [0.1, 0.15) is 35.2 Å². The summed E-state index contributed by atoms with van der Waals surface area (Å²) in [4.78, 5) is 15.8. The molecule has 2 N–H and O–H groups in total. The maximum atomic E-state index is 11.6. The lowest BCUT2D eigenvalue weighted by molar-refractivity contribution is 0.0526. The molecule has 0 bridgehead atoms. The number of ether oxygens (including phenoxy) is 1. The fraction of sp³-hybridized carbons (Fsp3) is 0.333. The molecule has 5 heteroatoms. The normalized spacial score (nSPS) is 11.7. The zero-order chi connectivity index (χ0) is 16.5. The first-order chi connectivity index (χ1) is 11.2. The Labute approximate surface area is 136 Å². The lowest BCUT2D eigenvalue weighted by atomic mass is 9.96. The number of anilines is 1. The van der Waals surface area contributed by atoms with Gasteiger partial charge in [0, 0.05) is 25.3 Å². The van der Waals surface area contributed by atoms with Crippen LogP contribution in [0, 0.1) is 0 Å². The van der Waals surface area contributed by atoms with Gasteiger partial charge in [-0.05, 0) is 31.0 Å². The third-order valence-corrected chi connectivity index (χ3v) is 3.55. The van der Waals surface area contributed by atoms with Gasteiger partial charge in [0.25, 0.3) is 0 Å². The summed E-state index contributed by atoms with van der Waals surface area (Å²) in [5.41, 5.74) is 1.62. The molecule has 2 rings (SSSR count). The first-order valence-electron chi connectivity index (χ1n) is 7.77. The summed E-state index contributed by atoms with van der Waals surface area (Å²) >= 11 is 0. The highest BCUT2D eigenvalue weighted by atomic mass is 16.5. The highest BCUT2D eigenvalue weighted by Gasteiger charge is 2.11. The molecular formula is C18H22N2O3. The molecule has 122 valence electrons. The topological polar surface area (TPSA) is 71.5 Å². The first kappa shape index (κ1) is 17.0. The number of nitrogens with zero attached hydrogens (tertiary/aromatic N) is 1. The standard InChI is InChI=1S/C18H22N2O3/c1-2-23-18(22)16-8-9-17(20-13-16)19-12-15(10-11-21)14-6-4-3-5-7-14/h3-9,13,15,21H,2,10-12H2,1H3,(H,19,20). The number of nitrogens with one attached hydrogen (secondary N) is 1. The monoisotopic (exact) mass is 314 g/mol. The second-order valence-corrected chi connectivity index (χ2v) is 5.15. The van der Waals surface area contributed by atoms with Crippen molar-refractivity contribution in [2.75, 3.05) is 25.1 Å². The average Bonchev–Trinajstić information content (AvgIpc) is 2.60. The summed E-state index contributed by atoms with van der Waals surface area (Å²) in [7, 11) is 0. The Balaban J connectivity index is 1.97. The van der Waals surface area contributed by atoms with E-state index in [9.17, 15) is 9.90 Å². The molecule has 2 aromatic rings. The van der Waals surface area contributed by atoms with Crippen LogP contribution in [0.25, 0.3) is 0 Å². The van der Waals surface area contributed by atoms with Crippen molar-refractivity contribution in [3.05, 3.63) is 59.8 Å². The molecule has 1 unspecified atom stereocenters. The minimum absolute atomic E-state index is 0.135. The van der Waals surface area contributed by atoms with Crippen molar-refractivity contribution in [1.29, 1.82) is 0 Å².